The third-order valence-corrected chi connectivity index (χ3v) is 5.70. The summed E-state index contributed by atoms with van der Waals surface area (Å²) in [6.45, 7) is 0.395. The van der Waals surface area contributed by atoms with E-state index in [2.05, 4.69) is 16.2 Å². The van der Waals surface area contributed by atoms with Gasteiger partial charge in [0.15, 0.2) is 0 Å². The van der Waals surface area contributed by atoms with Gasteiger partial charge in [0.25, 0.3) is 5.91 Å². The molecule has 1 atom stereocenters. The Kier molecular flexibility index (Phi) is 5.21. The van der Waals surface area contributed by atoms with Crippen LogP contribution in [0, 0.1) is 22.8 Å². The fourth-order valence-corrected chi connectivity index (χ4v) is 4.15. The van der Waals surface area contributed by atoms with Crippen LogP contribution in [0.25, 0.3) is 10.9 Å². The van der Waals surface area contributed by atoms with Gasteiger partial charge in [0.1, 0.15) is 11.6 Å². The number of nitrogens with one attached hydrogen (secondary N) is 1. The highest BCUT2D eigenvalue weighted by Gasteiger charge is 2.34. The van der Waals surface area contributed by atoms with Crippen LogP contribution in [0.2, 0.25) is 0 Å². The quantitative estimate of drug-likeness (QED) is 0.288. The summed E-state index contributed by atoms with van der Waals surface area (Å²) in [5.41, 5.74) is 8.96. The normalized spacial score (nSPS) is 15.8. The summed E-state index contributed by atoms with van der Waals surface area (Å²) in [6.07, 6.45) is 0.481. The lowest BCUT2D eigenvalue weighted by Gasteiger charge is -2.35. The molecule has 4 nitrogen and oxygen atoms in total. The van der Waals surface area contributed by atoms with E-state index >= 15 is 0 Å². The molecule has 3 aromatic rings. The van der Waals surface area contributed by atoms with Crippen LogP contribution in [-0.4, -0.2) is 22.3 Å². The van der Waals surface area contributed by atoms with E-state index in [9.17, 15) is 13.6 Å². The van der Waals surface area contributed by atoms with Crippen molar-refractivity contribution >= 4 is 52.6 Å². The van der Waals surface area contributed by atoms with E-state index < -0.39 is 17.7 Å². The predicted octanol–water partition coefficient (Wildman–Crippen LogP) is 4.55. The lowest BCUT2D eigenvalue weighted by molar-refractivity contribution is -0.127. The van der Waals surface area contributed by atoms with Crippen molar-refractivity contribution in [3.63, 3.8) is 0 Å². The van der Waals surface area contributed by atoms with Crippen molar-refractivity contribution in [1.82, 2.24) is 9.88 Å². The van der Waals surface area contributed by atoms with Crippen LogP contribution < -0.4 is 5.73 Å². The molecule has 3 N–H and O–H groups in total. The molecule has 1 unspecified atom stereocenters. The molecule has 1 aliphatic heterocycles. The average molecular weight is 509 g/mol. The number of hydrogen-bond acceptors (Lipinski definition) is 3. The topological polar surface area (TPSA) is 62.1 Å². The smallest absolute Gasteiger partial charge is 0.300 e. The number of anilines is 1. The summed E-state index contributed by atoms with van der Waals surface area (Å²) in [7, 11) is 1.23. The number of nitrogens with zero attached hydrogens (tertiary/aromatic N) is 1. The van der Waals surface area contributed by atoms with Gasteiger partial charge < -0.3 is 15.6 Å². The second-order valence-corrected chi connectivity index (χ2v) is 8.13. The van der Waals surface area contributed by atoms with Crippen LogP contribution in [0.5, 0.6) is 0 Å². The number of benzene rings is 2. The molecule has 1 aromatic heterocycles. The van der Waals surface area contributed by atoms with Crippen LogP contribution in [0.15, 0.2) is 36.4 Å². The zero-order chi connectivity index (χ0) is 19.8. The van der Waals surface area contributed by atoms with Gasteiger partial charge in [-0.2, -0.15) is 0 Å². The molecular weight excluding hydrogens is 495 g/mol. The highest BCUT2D eigenvalue weighted by atomic mass is 127. The van der Waals surface area contributed by atoms with Gasteiger partial charge in [-0.1, -0.05) is 12.1 Å². The molecule has 1 amide bonds. The number of hydrogen-bond donors (Lipinski definition) is 2. The van der Waals surface area contributed by atoms with E-state index in [1.165, 1.54) is 15.0 Å². The molecule has 8 heteroatoms. The number of nitrogens with two attached hydrogens (primary N) is 1. The van der Waals surface area contributed by atoms with Crippen molar-refractivity contribution in [1.29, 1.82) is 0 Å². The maximum Gasteiger partial charge on any atom is 0.300 e. The number of carbonyl (C=O) groups excluding carboxylic acids is 1. The Labute approximate surface area is 176 Å². The lowest BCUT2D eigenvalue weighted by Crippen LogP contribution is -2.40. The first-order valence-electron chi connectivity index (χ1n) is 8.43. The molecule has 0 saturated carbocycles. The van der Waals surface area contributed by atoms with Crippen molar-refractivity contribution in [3.8, 4) is 11.2 Å². The number of halogens is 3. The molecule has 0 saturated heterocycles. The molecule has 2 heterocycles. The second-order valence-electron chi connectivity index (χ2n) is 6.45. The van der Waals surface area contributed by atoms with E-state index in [4.69, 9.17) is 5.73 Å². The Hall–Kier alpha value is -2.25. The lowest BCUT2D eigenvalue weighted by atomic mass is 9.92. The number of rotatable bonds is 1. The summed E-state index contributed by atoms with van der Waals surface area (Å²) < 4.78 is 28.1. The third-order valence-electron chi connectivity index (χ3n) is 4.86. The van der Waals surface area contributed by atoms with Crippen LogP contribution >= 0.6 is 30.1 Å². The minimum absolute atomic E-state index is 0.245. The molecule has 142 valence electrons. The van der Waals surface area contributed by atoms with Gasteiger partial charge in [0.05, 0.1) is 11.6 Å². The maximum atomic E-state index is 14.3. The van der Waals surface area contributed by atoms with Gasteiger partial charge in [0, 0.05) is 56.5 Å². The number of nitrogen functional groups attached to an aromatic ring is 1. The van der Waals surface area contributed by atoms with Crippen molar-refractivity contribution < 1.29 is 13.6 Å². The first kappa shape index (κ1) is 19.1. The van der Waals surface area contributed by atoms with Gasteiger partial charge in [-0.25, -0.2) is 8.78 Å². The molecule has 0 aliphatic carbocycles. The van der Waals surface area contributed by atoms with Gasteiger partial charge in [-0.05, 0) is 49.9 Å². The monoisotopic (exact) mass is 509 g/mol. The molecule has 2 aromatic carbocycles. The van der Waals surface area contributed by atoms with Crippen LogP contribution in [0.1, 0.15) is 22.9 Å². The van der Waals surface area contributed by atoms with E-state index in [1.807, 2.05) is 33.3 Å². The molecule has 0 radical (unpaired) electrons. The summed E-state index contributed by atoms with van der Waals surface area (Å²) in [4.78, 5) is 17.5. The minimum Gasteiger partial charge on any atom is -0.399 e. The Morgan fingerprint density at radius 2 is 2.04 bits per heavy atom. The highest BCUT2D eigenvalue weighted by Crippen LogP contribution is 2.39. The predicted molar refractivity (Wildman–Crippen MR) is 116 cm³/mol. The van der Waals surface area contributed by atoms with Gasteiger partial charge in [-0.3, -0.25) is 4.79 Å². The summed E-state index contributed by atoms with van der Waals surface area (Å²) in [5.74, 6) is 1.02. The van der Waals surface area contributed by atoms with E-state index in [0.29, 0.717) is 29.7 Å². The first-order chi connectivity index (χ1) is 13.5. The molecule has 4 rings (SSSR count). The molecule has 1 aliphatic rings. The Morgan fingerprint density at radius 3 is 2.75 bits per heavy atom. The van der Waals surface area contributed by atoms with Crippen molar-refractivity contribution in [2.45, 2.75) is 12.5 Å². The Morgan fingerprint density at radius 1 is 1.29 bits per heavy atom. The zero-order valence-corrected chi connectivity index (χ0v) is 17.4. The number of aromatic amines is 1. The van der Waals surface area contributed by atoms with Crippen LogP contribution in [0.3, 0.4) is 0 Å². The fourth-order valence-electron chi connectivity index (χ4n) is 3.69. The molecular formula is C20H14F2IN3OS. The Balaban J connectivity index is 1.91. The number of H-pyrrole nitrogens is 1. The fraction of sp³-hybridized carbons (Fsp3) is 0.150. The van der Waals surface area contributed by atoms with E-state index in [1.54, 1.807) is 17.0 Å². The Bertz CT molecular complexity index is 1130. The molecule has 0 spiro atoms. The van der Waals surface area contributed by atoms with Gasteiger partial charge in [0.2, 0.25) is 0 Å². The minimum atomic E-state index is -0.653. The number of carbonyl (C=O) groups is 1. The van der Waals surface area contributed by atoms with Gasteiger partial charge in [-0.15, -0.1) is 0 Å². The van der Waals surface area contributed by atoms with Crippen LogP contribution in [-0.2, 0) is 11.2 Å². The first-order valence-corrected chi connectivity index (χ1v) is 11.8. The molecule has 0 bridgehead atoms. The molecule has 0 fully saturated rings. The summed E-state index contributed by atoms with van der Waals surface area (Å²) in [6, 6.07) is 8.87. The SMILES string of the molecule is Nc1ccc(C2c3[nH]c4c(F)cc(F)cc4c3CCN2C(=O)C#CSI)cc1. The van der Waals surface area contributed by atoms with Crippen molar-refractivity contribution in [3.05, 3.63) is 64.9 Å². The summed E-state index contributed by atoms with van der Waals surface area (Å²) in [5, 5.41) is 3.22. The molecule has 28 heavy (non-hydrogen) atoms. The maximum absolute atomic E-state index is 14.3. The van der Waals surface area contributed by atoms with Crippen molar-refractivity contribution in [2.75, 3.05) is 12.3 Å². The highest BCUT2D eigenvalue weighted by molar-refractivity contribution is 14.2. The van der Waals surface area contributed by atoms with E-state index in [0.717, 1.165) is 17.2 Å². The second kappa shape index (κ2) is 7.64. The summed E-state index contributed by atoms with van der Waals surface area (Å²) >= 11 is 2.00. The van der Waals surface area contributed by atoms with Gasteiger partial charge >= 0.3 is 0 Å². The van der Waals surface area contributed by atoms with Crippen molar-refractivity contribution in [2.24, 2.45) is 0 Å². The van der Waals surface area contributed by atoms with E-state index in [-0.39, 0.29) is 11.4 Å². The zero-order valence-electron chi connectivity index (χ0n) is 14.4. The number of aromatic nitrogens is 1. The third kappa shape index (κ3) is 3.33. The number of amides is 1. The number of fused-ring (bicyclic) bond motifs is 3. The largest absolute Gasteiger partial charge is 0.399 e. The van der Waals surface area contributed by atoms with Crippen LogP contribution in [0.4, 0.5) is 14.5 Å². The average Bonchev–Trinajstić information content (AvgIpc) is 3.05. The standard InChI is InChI=1S/C20H14F2IN3OS/c21-12-9-15-14-5-7-26(17(27)6-8-28-23)20(11-1-3-13(24)4-2-11)19(14)25-18(15)16(22)10-12/h1-4,9-10,20,25H,5,7,24H2.